The highest BCUT2D eigenvalue weighted by atomic mass is 35.5. The molecule has 5 rings (SSSR count). The number of nitrogens with zero attached hydrogens (tertiary/aromatic N) is 3. The predicted molar refractivity (Wildman–Crippen MR) is 168 cm³/mol. The Morgan fingerprint density at radius 3 is 2.64 bits per heavy atom. The number of nitriles is 1. The second-order valence-electron chi connectivity index (χ2n) is 10.9. The number of aldehydes is 1. The molecule has 0 aliphatic carbocycles. The largest absolute Gasteiger partial charge is 0.490 e. The van der Waals surface area contributed by atoms with E-state index in [4.69, 9.17) is 31.1 Å². The Hall–Kier alpha value is -4.49. The molecule has 0 spiro atoms. The van der Waals surface area contributed by atoms with Crippen LogP contribution in [0.5, 0.6) is 17.2 Å². The van der Waals surface area contributed by atoms with Gasteiger partial charge in [0.15, 0.2) is 17.9 Å². The van der Waals surface area contributed by atoms with Gasteiger partial charge in [-0.3, -0.25) is 9.78 Å². The number of ether oxygens (including phenoxy) is 3. The molecule has 1 aliphatic rings. The van der Waals surface area contributed by atoms with Gasteiger partial charge in [-0.05, 0) is 54.7 Å². The van der Waals surface area contributed by atoms with Gasteiger partial charge in [0.25, 0.3) is 0 Å². The highest BCUT2D eigenvalue weighted by Gasteiger charge is 2.20. The van der Waals surface area contributed by atoms with Crippen LogP contribution in [0.3, 0.4) is 0 Å². The van der Waals surface area contributed by atoms with Crippen LogP contribution in [0.1, 0.15) is 45.5 Å². The lowest BCUT2D eigenvalue weighted by molar-refractivity contribution is 0.111. The number of aliphatic hydroxyl groups is 1. The number of benzene rings is 3. The number of hydrogen-bond donors (Lipinski definition) is 1. The summed E-state index contributed by atoms with van der Waals surface area (Å²) in [5.74, 6) is 0.352. The number of likely N-dealkylation sites (tertiary alicyclic amines) is 1. The van der Waals surface area contributed by atoms with E-state index in [1.54, 1.807) is 36.5 Å². The van der Waals surface area contributed by atoms with Gasteiger partial charge < -0.3 is 24.2 Å². The standard InChI is InChI=1S/C35H33ClFN3O5/c1-23-26(22-45-34-15-33(27(20-41)14-31(34)36)44-21-25-13-24(16-38)17-39-18-25)5-2-6-29(23)30-7-3-8-32(35(30)37)43-12-4-10-40-11-9-28(42)19-40/h2-3,5-8,13-15,17-18,20,28,42H,4,9-12,19,21-22H2,1H3/t28-/m1/s1. The smallest absolute Gasteiger partial charge is 0.172 e. The predicted octanol–water partition coefficient (Wildman–Crippen LogP) is 6.53. The third-order valence-corrected chi connectivity index (χ3v) is 8.01. The Labute approximate surface area is 266 Å². The Kier molecular flexibility index (Phi) is 10.6. The fraction of sp³-hybridized carbons (Fsp3) is 0.286. The molecule has 2 heterocycles. The lowest BCUT2D eigenvalue weighted by atomic mass is 9.96. The summed E-state index contributed by atoms with van der Waals surface area (Å²) in [5, 5.41) is 19.0. The third kappa shape index (κ3) is 7.97. The van der Waals surface area contributed by atoms with Crippen molar-refractivity contribution in [3.8, 4) is 34.4 Å². The SMILES string of the molecule is Cc1c(COc2cc(OCc3cncc(C#N)c3)c(C=O)cc2Cl)cccc1-c1cccc(OCCCN2CC[C@@H](O)C2)c1F. The van der Waals surface area contributed by atoms with Gasteiger partial charge in [-0.25, -0.2) is 4.39 Å². The first-order valence-electron chi connectivity index (χ1n) is 14.6. The molecule has 45 heavy (non-hydrogen) atoms. The van der Waals surface area contributed by atoms with Crippen molar-refractivity contribution in [2.24, 2.45) is 0 Å². The molecule has 0 saturated carbocycles. The van der Waals surface area contributed by atoms with E-state index in [1.165, 1.54) is 12.3 Å². The molecule has 1 saturated heterocycles. The number of pyridine rings is 1. The molecule has 1 atom stereocenters. The minimum absolute atomic E-state index is 0.0858. The molecule has 0 bridgehead atoms. The molecule has 10 heteroatoms. The number of hydrogen-bond acceptors (Lipinski definition) is 8. The number of β-amino-alcohol motifs (C(OH)–C–C–N with tert-alkyl or cyclic N) is 1. The number of carbonyl (C=O) groups excluding carboxylic acids is 1. The minimum atomic E-state index is -0.431. The molecule has 3 aromatic carbocycles. The molecule has 232 valence electrons. The summed E-state index contributed by atoms with van der Waals surface area (Å²) in [6.07, 6.45) is 4.94. The quantitative estimate of drug-likeness (QED) is 0.132. The molecule has 1 N–H and O–H groups in total. The minimum Gasteiger partial charge on any atom is -0.490 e. The molecule has 0 radical (unpaired) electrons. The molecule has 1 aliphatic heterocycles. The van der Waals surface area contributed by atoms with Crippen molar-refractivity contribution in [2.45, 2.75) is 39.1 Å². The zero-order chi connectivity index (χ0) is 31.8. The van der Waals surface area contributed by atoms with E-state index in [0.717, 1.165) is 37.1 Å². The van der Waals surface area contributed by atoms with E-state index in [1.807, 2.05) is 31.2 Å². The van der Waals surface area contributed by atoms with Gasteiger partial charge in [0.05, 0.1) is 28.9 Å². The molecule has 4 aromatic rings. The van der Waals surface area contributed by atoms with Gasteiger partial charge in [-0.1, -0.05) is 41.9 Å². The zero-order valence-electron chi connectivity index (χ0n) is 24.8. The molecule has 1 fully saturated rings. The average molecular weight is 630 g/mol. The summed E-state index contributed by atoms with van der Waals surface area (Å²) < 4.78 is 33.4. The van der Waals surface area contributed by atoms with E-state index in [-0.39, 0.29) is 41.4 Å². The highest BCUT2D eigenvalue weighted by molar-refractivity contribution is 6.32. The Bertz CT molecular complexity index is 1710. The van der Waals surface area contributed by atoms with Crippen molar-refractivity contribution >= 4 is 17.9 Å². The van der Waals surface area contributed by atoms with Crippen molar-refractivity contribution in [1.82, 2.24) is 9.88 Å². The molecule has 0 unspecified atom stereocenters. The number of carbonyl (C=O) groups is 1. The van der Waals surface area contributed by atoms with Crippen molar-refractivity contribution in [1.29, 1.82) is 5.26 Å². The molecule has 8 nitrogen and oxygen atoms in total. The van der Waals surface area contributed by atoms with Gasteiger partial charge in [0, 0.05) is 49.2 Å². The Morgan fingerprint density at radius 2 is 1.87 bits per heavy atom. The van der Waals surface area contributed by atoms with Gasteiger partial charge in [-0.15, -0.1) is 0 Å². The van der Waals surface area contributed by atoms with Crippen LogP contribution in [0.15, 0.2) is 67.0 Å². The fourth-order valence-corrected chi connectivity index (χ4v) is 5.50. The van der Waals surface area contributed by atoms with Crippen LogP contribution < -0.4 is 14.2 Å². The van der Waals surface area contributed by atoms with Gasteiger partial charge in [0.2, 0.25) is 0 Å². The van der Waals surface area contributed by atoms with E-state index in [0.29, 0.717) is 47.4 Å². The van der Waals surface area contributed by atoms with Crippen molar-refractivity contribution in [3.63, 3.8) is 0 Å². The normalized spacial score (nSPS) is 14.6. The summed E-state index contributed by atoms with van der Waals surface area (Å²) in [6, 6.07) is 17.4. The van der Waals surface area contributed by atoms with Gasteiger partial charge >= 0.3 is 0 Å². The summed E-state index contributed by atoms with van der Waals surface area (Å²) in [6.45, 7) is 4.83. The second-order valence-corrected chi connectivity index (χ2v) is 11.3. The van der Waals surface area contributed by atoms with Crippen molar-refractivity contribution in [2.75, 3.05) is 26.2 Å². The van der Waals surface area contributed by atoms with Crippen molar-refractivity contribution < 1.29 is 28.5 Å². The van der Waals surface area contributed by atoms with Crippen LogP contribution in [0, 0.1) is 24.1 Å². The highest BCUT2D eigenvalue weighted by Crippen LogP contribution is 2.35. The van der Waals surface area contributed by atoms with E-state index in [2.05, 4.69) is 9.88 Å². The number of rotatable bonds is 13. The summed E-state index contributed by atoms with van der Waals surface area (Å²) in [7, 11) is 0. The van der Waals surface area contributed by atoms with Crippen molar-refractivity contribution in [3.05, 3.63) is 106 Å². The maximum Gasteiger partial charge on any atom is 0.172 e. The topological polar surface area (TPSA) is 105 Å². The Morgan fingerprint density at radius 1 is 1.07 bits per heavy atom. The van der Waals surface area contributed by atoms with E-state index >= 15 is 4.39 Å². The fourth-order valence-electron chi connectivity index (χ4n) is 5.27. The summed E-state index contributed by atoms with van der Waals surface area (Å²) in [4.78, 5) is 17.9. The Balaban J connectivity index is 1.26. The monoisotopic (exact) mass is 629 g/mol. The molecule has 1 aromatic heterocycles. The maximum atomic E-state index is 15.6. The number of halogens is 2. The van der Waals surface area contributed by atoms with Gasteiger partial charge in [-0.2, -0.15) is 5.26 Å². The molecular weight excluding hydrogens is 597 g/mol. The van der Waals surface area contributed by atoms with E-state index < -0.39 is 5.82 Å². The first kappa shape index (κ1) is 31.9. The van der Waals surface area contributed by atoms with Crippen LogP contribution in [0.25, 0.3) is 11.1 Å². The maximum absolute atomic E-state index is 15.6. The zero-order valence-corrected chi connectivity index (χ0v) is 25.6. The van der Waals surface area contributed by atoms with E-state index in [9.17, 15) is 9.90 Å². The van der Waals surface area contributed by atoms with Gasteiger partial charge in [0.1, 0.15) is 30.8 Å². The summed E-state index contributed by atoms with van der Waals surface area (Å²) >= 11 is 6.44. The average Bonchev–Trinajstić information content (AvgIpc) is 3.47. The third-order valence-electron chi connectivity index (χ3n) is 7.72. The van der Waals surface area contributed by atoms with Crippen LogP contribution in [-0.2, 0) is 13.2 Å². The first-order chi connectivity index (χ1) is 21.9. The van der Waals surface area contributed by atoms with Crippen LogP contribution in [0.2, 0.25) is 5.02 Å². The first-order valence-corrected chi connectivity index (χ1v) is 15.0. The van der Waals surface area contributed by atoms with Crippen LogP contribution in [-0.4, -0.2) is 53.6 Å². The molecular formula is C35H33ClFN3O5. The lowest BCUT2D eigenvalue weighted by Gasteiger charge is -2.17. The summed E-state index contributed by atoms with van der Waals surface area (Å²) in [5.41, 5.74) is 4.12. The number of aliphatic hydroxyl groups excluding tert-OH is 1. The van der Waals surface area contributed by atoms with Crippen LogP contribution in [0.4, 0.5) is 4.39 Å². The number of aromatic nitrogens is 1. The second kappa shape index (κ2) is 15.0. The lowest BCUT2D eigenvalue weighted by Crippen LogP contribution is -2.24. The van der Waals surface area contributed by atoms with Crippen LogP contribution >= 0.6 is 11.6 Å². The molecule has 0 amide bonds.